The maximum Gasteiger partial charge on any atom is 0.243 e. The Morgan fingerprint density at radius 3 is 2.28 bits per heavy atom. The van der Waals surface area contributed by atoms with Crippen LogP contribution in [0.5, 0.6) is 0 Å². The van der Waals surface area contributed by atoms with Gasteiger partial charge in [0.15, 0.2) is 0 Å². The lowest BCUT2D eigenvalue weighted by atomic mass is 9.80. The average Bonchev–Trinajstić information content (AvgIpc) is 3.75. The number of carbonyl (C=O) groups excluding carboxylic acids is 4. The van der Waals surface area contributed by atoms with Crippen LogP contribution in [0.2, 0.25) is 0 Å². The van der Waals surface area contributed by atoms with Gasteiger partial charge in [0, 0.05) is 31.2 Å². The van der Waals surface area contributed by atoms with Crippen LogP contribution in [-0.2, 0) is 32.0 Å². The molecule has 0 unspecified atom stereocenters. The summed E-state index contributed by atoms with van der Waals surface area (Å²) in [5, 5.41) is 23.1. The van der Waals surface area contributed by atoms with Gasteiger partial charge in [-0.2, -0.15) is 0 Å². The Balaban J connectivity index is 1.53. The predicted molar refractivity (Wildman–Crippen MR) is 180 cm³/mol. The van der Waals surface area contributed by atoms with Crippen LogP contribution in [0.3, 0.4) is 0 Å². The number of aliphatic hydroxyl groups is 1. The number of aromatic amines is 1. The molecule has 1 aliphatic heterocycles. The lowest BCUT2D eigenvalue weighted by Crippen LogP contribution is -2.58. The van der Waals surface area contributed by atoms with Gasteiger partial charge in [0.05, 0.1) is 18.5 Å². The summed E-state index contributed by atoms with van der Waals surface area (Å²) in [6, 6.07) is 6.20. The average molecular weight is 651 g/mol. The second-order valence-corrected chi connectivity index (χ2v) is 13.8. The molecule has 1 aliphatic carbocycles. The van der Waals surface area contributed by atoms with Crippen LogP contribution >= 0.6 is 0 Å². The maximum atomic E-state index is 14.1. The molecule has 1 aromatic carbocycles. The third-order valence-electron chi connectivity index (χ3n) is 9.95. The van der Waals surface area contributed by atoms with Crippen LogP contribution in [-0.4, -0.2) is 69.0 Å². The van der Waals surface area contributed by atoms with Gasteiger partial charge >= 0.3 is 0 Å². The Hall–Kier alpha value is -3.73. The van der Waals surface area contributed by atoms with E-state index in [1.807, 2.05) is 30.3 Å². The fourth-order valence-electron chi connectivity index (χ4n) is 7.00. The van der Waals surface area contributed by atoms with Crippen LogP contribution in [0.25, 0.3) is 0 Å². The second kappa shape index (κ2) is 18.0. The lowest BCUT2D eigenvalue weighted by molar-refractivity contribution is -0.133. The van der Waals surface area contributed by atoms with Crippen LogP contribution < -0.4 is 21.3 Å². The molecule has 11 heteroatoms. The van der Waals surface area contributed by atoms with E-state index >= 15 is 0 Å². The van der Waals surface area contributed by atoms with E-state index in [0.29, 0.717) is 42.7 Å². The van der Waals surface area contributed by atoms with Crippen molar-refractivity contribution >= 4 is 23.6 Å². The zero-order valence-electron chi connectivity index (χ0n) is 28.2. The van der Waals surface area contributed by atoms with Gasteiger partial charge in [-0.1, -0.05) is 89.6 Å². The number of nitrogens with one attached hydrogen (secondary N) is 5. The van der Waals surface area contributed by atoms with Crippen LogP contribution in [0.1, 0.15) is 96.2 Å². The molecule has 1 aromatic heterocycles. The van der Waals surface area contributed by atoms with Gasteiger partial charge in [0.1, 0.15) is 18.1 Å². The Bertz CT molecular complexity index is 1280. The summed E-state index contributed by atoms with van der Waals surface area (Å²) in [5.74, 6) is -0.391. The van der Waals surface area contributed by atoms with Crippen LogP contribution in [0.15, 0.2) is 42.9 Å². The largest absolute Gasteiger partial charge is 0.391 e. The number of hydrogen-bond donors (Lipinski definition) is 6. The van der Waals surface area contributed by atoms with Crippen molar-refractivity contribution < 1.29 is 24.3 Å². The van der Waals surface area contributed by atoms with Crippen molar-refractivity contribution in [2.75, 3.05) is 0 Å². The third kappa shape index (κ3) is 11.2. The summed E-state index contributed by atoms with van der Waals surface area (Å²) in [5.41, 5.74) is 1.50. The first-order valence-corrected chi connectivity index (χ1v) is 17.5. The smallest absolute Gasteiger partial charge is 0.243 e. The highest BCUT2D eigenvalue weighted by Gasteiger charge is 2.34. The van der Waals surface area contributed by atoms with E-state index in [1.54, 1.807) is 6.20 Å². The normalized spacial score (nSPS) is 20.1. The molecule has 6 atom stereocenters. The molecule has 2 fully saturated rings. The lowest BCUT2D eigenvalue weighted by Gasteiger charge is -2.33. The molecule has 4 amide bonds. The van der Waals surface area contributed by atoms with E-state index in [0.717, 1.165) is 37.7 Å². The molecule has 0 spiro atoms. The van der Waals surface area contributed by atoms with E-state index in [-0.39, 0.29) is 25.2 Å². The SMILES string of the molecule is CC[C@@H](C[C@H](O)[C@H](CC1CCCCC1)NC(=O)[C@H](Cc1cnc[nH]1)NC(=O)[C@H](Cc1ccccc1)NC(=O)[C@@H]1CCC(=O)N1)C(C)C. The summed E-state index contributed by atoms with van der Waals surface area (Å²) >= 11 is 0. The number of aromatic nitrogens is 2. The highest BCUT2D eigenvalue weighted by Crippen LogP contribution is 2.30. The quantitative estimate of drug-likeness (QED) is 0.154. The van der Waals surface area contributed by atoms with Gasteiger partial charge in [-0.25, -0.2) is 4.98 Å². The number of amides is 4. The number of aliphatic hydroxyl groups excluding tert-OH is 1. The second-order valence-electron chi connectivity index (χ2n) is 13.8. The summed E-state index contributed by atoms with van der Waals surface area (Å²) in [4.78, 5) is 60.0. The molecule has 11 nitrogen and oxygen atoms in total. The number of carbonyl (C=O) groups is 4. The molecule has 0 bridgehead atoms. The fourth-order valence-corrected chi connectivity index (χ4v) is 7.00. The van der Waals surface area contributed by atoms with Crippen molar-refractivity contribution in [3.63, 3.8) is 0 Å². The highest BCUT2D eigenvalue weighted by atomic mass is 16.3. The molecule has 2 aliphatic rings. The van der Waals surface area contributed by atoms with Gasteiger partial charge in [0.2, 0.25) is 23.6 Å². The third-order valence-corrected chi connectivity index (χ3v) is 9.95. The van der Waals surface area contributed by atoms with Crippen molar-refractivity contribution in [2.45, 2.75) is 128 Å². The summed E-state index contributed by atoms with van der Waals surface area (Å²) in [6.45, 7) is 6.46. The molecule has 0 radical (unpaired) electrons. The molecule has 47 heavy (non-hydrogen) atoms. The van der Waals surface area contributed by atoms with Crippen LogP contribution in [0.4, 0.5) is 0 Å². The van der Waals surface area contributed by atoms with Gasteiger partial charge in [-0.05, 0) is 42.6 Å². The zero-order valence-corrected chi connectivity index (χ0v) is 28.2. The van der Waals surface area contributed by atoms with E-state index in [2.05, 4.69) is 52.0 Å². The number of benzene rings is 1. The van der Waals surface area contributed by atoms with Crippen molar-refractivity contribution in [1.82, 2.24) is 31.2 Å². The Morgan fingerprint density at radius 1 is 0.957 bits per heavy atom. The van der Waals surface area contributed by atoms with Crippen molar-refractivity contribution in [1.29, 1.82) is 0 Å². The first-order valence-electron chi connectivity index (χ1n) is 17.5. The van der Waals surface area contributed by atoms with E-state index in [4.69, 9.17) is 0 Å². The number of H-pyrrole nitrogens is 1. The standard InChI is InChI=1S/C36H54N6O5/c1-4-26(23(2)3)19-32(43)29(17-24-11-7-5-8-12-24)40-36(47)31(20-27-21-37-22-38-27)42-35(46)30(18-25-13-9-6-10-14-25)41-34(45)28-15-16-33(44)39-28/h6,9-10,13-14,21-24,26,28-32,43H,4-5,7-8,11-12,15-20H2,1-3H3,(H,37,38)(H,39,44)(H,40,47)(H,41,45)(H,42,46)/t26-,28-,29-,30-,31-,32-/m0/s1. The molecular formula is C36H54N6O5. The summed E-state index contributed by atoms with van der Waals surface area (Å²) < 4.78 is 0. The van der Waals surface area contributed by atoms with Gasteiger partial charge < -0.3 is 31.4 Å². The molecular weight excluding hydrogens is 596 g/mol. The first kappa shape index (κ1) is 36.1. The summed E-state index contributed by atoms with van der Waals surface area (Å²) in [6.07, 6.45) is 11.3. The van der Waals surface area contributed by atoms with Crippen molar-refractivity contribution in [3.8, 4) is 0 Å². The predicted octanol–water partition coefficient (Wildman–Crippen LogP) is 3.33. The van der Waals surface area contributed by atoms with Gasteiger partial charge in [-0.15, -0.1) is 0 Å². The Morgan fingerprint density at radius 2 is 1.66 bits per heavy atom. The van der Waals surface area contributed by atoms with Crippen LogP contribution in [0, 0.1) is 17.8 Å². The molecule has 1 saturated carbocycles. The minimum absolute atomic E-state index is 0.151. The number of imidazole rings is 1. The summed E-state index contributed by atoms with van der Waals surface area (Å²) in [7, 11) is 0. The number of rotatable bonds is 17. The Kier molecular flexibility index (Phi) is 13.8. The highest BCUT2D eigenvalue weighted by molar-refractivity contribution is 5.95. The zero-order chi connectivity index (χ0) is 33.8. The molecule has 1 saturated heterocycles. The van der Waals surface area contributed by atoms with E-state index in [9.17, 15) is 24.3 Å². The topological polar surface area (TPSA) is 165 Å². The fraction of sp³-hybridized carbons (Fsp3) is 0.639. The van der Waals surface area contributed by atoms with E-state index in [1.165, 1.54) is 12.7 Å². The van der Waals surface area contributed by atoms with Gasteiger partial charge in [0.25, 0.3) is 0 Å². The minimum atomic E-state index is -0.988. The van der Waals surface area contributed by atoms with E-state index < -0.39 is 48.0 Å². The van der Waals surface area contributed by atoms with Crippen molar-refractivity contribution in [3.05, 3.63) is 54.1 Å². The first-order chi connectivity index (χ1) is 22.6. The molecule has 2 aromatic rings. The minimum Gasteiger partial charge on any atom is -0.391 e. The molecule has 2 heterocycles. The maximum absolute atomic E-state index is 14.1. The molecule has 6 N–H and O–H groups in total. The van der Waals surface area contributed by atoms with Gasteiger partial charge in [-0.3, -0.25) is 19.2 Å². The number of nitrogens with zero attached hydrogens (tertiary/aromatic N) is 1. The van der Waals surface area contributed by atoms with Crippen molar-refractivity contribution in [2.24, 2.45) is 17.8 Å². The Labute approximate surface area is 278 Å². The monoisotopic (exact) mass is 650 g/mol. The number of hydrogen-bond acceptors (Lipinski definition) is 6. The molecule has 258 valence electrons. The molecule has 4 rings (SSSR count).